The number of aromatic nitrogens is 6. The fourth-order valence-electron chi connectivity index (χ4n) is 2.85. The second kappa shape index (κ2) is 7.47. The van der Waals surface area contributed by atoms with Gasteiger partial charge in [0.2, 0.25) is 5.82 Å². The summed E-state index contributed by atoms with van der Waals surface area (Å²) in [6.07, 6.45) is 0. The van der Waals surface area contributed by atoms with E-state index in [0.717, 1.165) is 5.56 Å². The average molecular weight is 378 g/mol. The molecule has 0 saturated carbocycles. The van der Waals surface area contributed by atoms with Gasteiger partial charge in [0.05, 0.1) is 24.6 Å². The van der Waals surface area contributed by atoms with Gasteiger partial charge in [-0.3, -0.25) is 4.79 Å². The molecule has 0 radical (unpaired) electrons. The van der Waals surface area contributed by atoms with Gasteiger partial charge in [-0.1, -0.05) is 12.1 Å². The Morgan fingerprint density at radius 1 is 1.14 bits per heavy atom. The molecule has 142 valence electrons. The molecule has 2 aromatic heterocycles. The topological polar surface area (TPSA) is 108 Å². The summed E-state index contributed by atoms with van der Waals surface area (Å²) in [5.74, 6) is 2.14. The van der Waals surface area contributed by atoms with E-state index in [0.29, 0.717) is 40.7 Å². The zero-order chi connectivity index (χ0) is 19.5. The monoisotopic (exact) mass is 378 g/mol. The van der Waals surface area contributed by atoms with E-state index in [-0.39, 0.29) is 12.1 Å². The number of fused-ring (bicyclic) bond motifs is 1. The molecule has 1 N–H and O–H groups in total. The molecule has 0 aliphatic rings. The lowest BCUT2D eigenvalue weighted by Gasteiger charge is -2.09. The van der Waals surface area contributed by atoms with Crippen molar-refractivity contribution in [2.45, 2.75) is 13.5 Å². The Labute approximate surface area is 159 Å². The van der Waals surface area contributed by atoms with Crippen LogP contribution in [0.25, 0.3) is 22.3 Å². The molecule has 0 aliphatic carbocycles. The summed E-state index contributed by atoms with van der Waals surface area (Å²) in [4.78, 5) is 20.8. The second-order valence-electron chi connectivity index (χ2n) is 5.97. The van der Waals surface area contributed by atoms with Crippen molar-refractivity contribution >= 4 is 10.9 Å². The Bertz CT molecular complexity index is 1180. The van der Waals surface area contributed by atoms with Crippen molar-refractivity contribution in [3.8, 4) is 22.9 Å². The summed E-state index contributed by atoms with van der Waals surface area (Å²) in [6, 6.07) is 12.6. The molecule has 9 nitrogen and oxygen atoms in total. The second-order valence-corrected chi connectivity index (χ2v) is 5.97. The van der Waals surface area contributed by atoms with Crippen LogP contribution >= 0.6 is 0 Å². The third-order valence-electron chi connectivity index (χ3n) is 4.13. The standard InChI is InChI=1S/C19H18N6O3/c1-3-28-16-10-12(8-9-15(16)27-2)18-22-24-25(23-18)11-17-20-14-7-5-4-6-13(14)19(26)21-17/h4-10H,3,11H2,1-2H3,(H,20,21,26). The van der Waals surface area contributed by atoms with Crippen LogP contribution in [0.5, 0.6) is 11.5 Å². The van der Waals surface area contributed by atoms with Crippen LogP contribution < -0.4 is 15.0 Å². The van der Waals surface area contributed by atoms with Gasteiger partial charge >= 0.3 is 0 Å². The molecule has 0 bridgehead atoms. The number of aromatic amines is 1. The van der Waals surface area contributed by atoms with Gasteiger partial charge in [0.1, 0.15) is 12.4 Å². The van der Waals surface area contributed by atoms with Gasteiger partial charge in [0.25, 0.3) is 5.56 Å². The maximum Gasteiger partial charge on any atom is 0.258 e. The van der Waals surface area contributed by atoms with Gasteiger partial charge in [-0.05, 0) is 42.5 Å². The molecule has 2 aromatic carbocycles. The highest BCUT2D eigenvalue weighted by atomic mass is 16.5. The Balaban J connectivity index is 1.62. The van der Waals surface area contributed by atoms with Crippen LogP contribution in [-0.4, -0.2) is 43.9 Å². The first-order valence-corrected chi connectivity index (χ1v) is 8.75. The van der Waals surface area contributed by atoms with Crippen LogP contribution in [0.4, 0.5) is 0 Å². The Kier molecular flexibility index (Phi) is 4.71. The summed E-state index contributed by atoms with van der Waals surface area (Å²) < 4.78 is 10.9. The van der Waals surface area contributed by atoms with Crippen LogP contribution in [0.3, 0.4) is 0 Å². The van der Waals surface area contributed by atoms with Crippen molar-refractivity contribution in [3.05, 3.63) is 58.6 Å². The lowest BCUT2D eigenvalue weighted by molar-refractivity contribution is 0.311. The van der Waals surface area contributed by atoms with Crippen molar-refractivity contribution in [1.29, 1.82) is 0 Å². The largest absolute Gasteiger partial charge is 0.493 e. The minimum atomic E-state index is -0.197. The average Bonchev–Trinajstić information content (AvgIpc) is 3.17. The van der Waals surface area contributed by atoms with Gasteiger partial charge in [-0.2, -0.15) is 4.80 Å². The Morgan fingerprint density at radius 3 is 2.82 bits per heavy atom. The summed E-state index contributed by atoms with van der Waals surface area (Å²) >= 11 is 0. The number of benzene rings is 2. The molecule has 28 heavy (non-hydrogen) atoms. The Hall–Kier alpha value is -3.75. The number of hydrogen-bond acceptors (Lipinski definition) is 7. The van der Waals surface area contributed by atoms with E-state index in [9.17, 15) is 4.79 Å². The number of hydrogen-bond donors (Lipinski definition) is 1. The molecular weight excluding hydrogens is 360 g/mol. The fourth-order valence-corrected chi connectivity index (χ4v) is 2.85. The molecular formula is C19H18N6O3. The van der Waals surface area contributed by atoms with Crippen LogP contribution in [0, 0.1) is 0 Å². The number of nitrogens with zero attached hydrogens (tertiary/aromatic N) is 5. The van der Waals surface area contributed by atoms with Crippen LogP contribution in [0.2, 0.25) is 0 Å². The number of para-hydroxylation sites is 1. The summed E-state index contributed by atoms with van der Waals surface area (Å²) in [5.41, 5.74) is 1.17. The SMILES string of the molecule is CCOc1cc(-c2nnn(Cc3nc4ccccc4c(=O)[nH]3)n2)ccc1OC. The molecule has 9 heteroatoms. The maximum atomic E-state index is 12.2. The van der Waals surface area contributed by atoms with Crippen molar-refractivity contribution in [2.24, 2.45) is 0 Å². The first-order valence-electron chi connectivity index (χ1n) is 8.75. The molecule has 4 rings (SSSR count). The minimum Gasteiger partial charge on any atom is -0.493 e. The number of tetrazole rings is 1. The smallest absolute Gasteiger partial charge is 0.258 e. The molecule has 0 amide bonds. The van der Waals surface area contributed by atoms with Gasteiger partial charge in [0.15, 0.2) is 11.5 Å². The highest BCUT2D eigenvalue weighted by molar-refractivity contribution is 5.77. The fraction of sp³-hybridized carbons (Fsp3) is 0.211. The molecule has 4 aromatic rings. The Morgan fingerprint density at radius 2 is 2.00 bits per heavy atom. The number of methoxy groups -OCH3 is 1. The first-order chi connectivity index (χ1) is 13.7. The van der Waals surface area contributed by atoms with E-state index >= 15 is 0 Å². The highest BCUT2D eigenvalue weighted by Gasteiger charge is 2.12. The third kappa shape index (κ3) is 3.41. The quantitative estimate of drug-likeness (QED) is 0.547. The van der Waals surface area contributed by atoms with Crippen molar-refractivity contribution in [2.75, 3.05) is 13.7 Å². The van der Waals surface area contributed by atoms with Gasteiger partial charge < -0.3 is 14.5 Å². The van der Waals surface area contributed by atoms with Crippen LogP contribution in [0.1, 0.15) is 12.7 Å². The zero-order valence-corrected chi connectivity index (χ0v) is 15.4. The van der Waals surface area contributed by atoms with Crippen molar-refractivity contribution < 1.29 is 9.47 Å². The highest BCUT2D eigenvalue weighted by Crippen LogP contribution is 2.31. The van der Waals surface area contributed by atoms with E-state index in [2.05, 4.69) is 25.4 Å². The number of nitrogens with one attached hydrogen (secondary N) is 1. The van der Waals surface area contributed by atoms with Gasteiger partial charge in [-0.15, -0.1) is 10.2 Å². The van der Waals surface area contributed by atoms with Crippen molar-refractivity contribution in [1.82, 2.24) is 30.2 Å². The van der Waals surface area contributed by atoms with Gasteiger partial charge in [-0.25, -0.2) is 4.98 Å². The van der Waals surface area contributed by atoms with Crippen LogP contribution in [0.15, 0.2) is 47.3 Å². The normalized spacial score (nSPS) is 10.9. The molecule has 0 aliphatic heterocycles. The number of ether oxygens (including phenoxy) is 2. The summed E-state index contributed by atoms with van der Waals surface area (Å²) in [5, 5.41) is 13.1. The minimum absolute atomic E-state index is 0.196. The lowest BCUT2D eigenvalue weighted by Crippen LogP contribution is -2.15. The van der Waals surface area contributed by atoms with E-state index in [1.54, 1.807) is 37.4 Å². The molecule has 0 atom stereocenters. The lowest BCUT2D eigenvalue weighted by atomic mass is 10.2. The number of H-pyrrole nitrogens is 1. The molecule has 0 fully saturated rings. The van der Waals surface area contributed by atoms with E-state index < -0.39 is 0 Å². The van der Waals surface area contributed by atoms with Crippen molar-refractivity contribution in [3.63, 3.8) is 0 Å². The predicted octanol–water partition coefficient (Wildman–Crippen LogP) is 2.03. The summed E-state index contributed by atoms with van der Waals surface area (Å²) in [7, 11) is 1.59. The molecule has 0 unspecified atom stereocenters. The maximum absolute atomic E-state index is 12.2. The van der Waals surface area contributed by atoms with Crippen LogP contribution in [-0.2, 0) is 6.54 Å². The first kappa shape index (κ1) is 17.7. The third-order valence-corrected chi connectivity index (χ3v) is 4.13. The van der Waals surface area contributed by atoms with E-state index in [1.807, 2.05) is 19.1 Å². The van der Waals surface area contributed by atoms with E-state index in [4.69, 9.17) is 9.47 Å². The molecule has 2 heterocycles. The predicted molar refractivity (Wildman–Crippen MR) is 102 cm³/mol. The molecule has 0 saturated heterocycles. The number of rotatable bonds is 6. The zero-order valence-electron chi connectivity index (χ0n) is 15.4. The summed E-state index contributed by atoms with van der Waals surface area (Å²) in [6.45, 7) is 2.61. The molecule has 0 spiro atoms. The van der Waals surface area contributed by atoms with E-state index in [1.165, 1.54) is 4.80 Å². The van der Waals surface area contributed by atoms with Gasteiger partial charge in [0, 0.05) is 5.56 Å².